The second kappa shape index (κ2) is 7.85. The molecule has 6 heteroatoms. The molecule has 2 unspecified atom stereocenters. The molecule has 2 aromatic rings. The molecule has 4 nitrogen and oxygen atoms in total. The molecule has 3 rings (SSSR count). The van der Waals surface area contributed by atoms with Crippen LogP contribution in [0.4, 0.5) is 15.8 Å². The molecule has 0 saturated carbocycles. The summed E-state index contributed by atoms with van der Waals surface area (Å²) >= 11 is 5.95. The van der Waals surface area contributed by atoms with Crippen LogP contribution in [0.2, 0.25) is 5.02 Å². The molecule has 1 amide bonds. The number of piperidine rings is 1. The Morgan fingerprint density at radius 2 is 2.04 bits per heavy atom. The lowest BCUT2D eigenvalue weighted by Gasteiger charge is -2.29. The SMILES string of the molecule is CC1CC(Nc2cccc(NC(=O)c3ccc(F)cc3Cl)c2)CCN1. The van der Waals surface area contributed by atoms with Crippen molar-refractivity contribution in [3.8, 4) is 0 Å². The molecule has 0 aliphatic carbocycles. The van der Waals surface area contributed by atoms with Crippen molar-refractivity contribution in [3.05, 3.63) is 58.9 Å². The van der Waals surface area contributed by atoms with Crippen molar-refractivity contribution >= 4 is 28.9 Å². The van der Waals surface area contributed by atoms with Crippen molar-refractivity contribution in [1.29, 1.82) is 0 Å². The van der Waals surface area contributed by atoms with E-state index in [4.69, 9.17) is 11.6 Å². The fraction of sp³-hybridized carbons (Fsp3) is 0.316. The van der Waals surface area contributed by atoms with Crippen LogP contribution in [-0.4, -0.2) is 24.5 Å². The third kappa shape index (κ3) is 4.71. The highest BCUT2D eigenvalue weighted by Crippen LogP contribution is 2.22. The smallest absolute Gasteiger partial charge is 0.257 e. The van der Waals surface area contributed by atoms with Gasteiger partial charge in [-0.25, -0.2) is 4.39 Å². The van der Waals surface area contributed by atoms with Crippen LogP contribution in [0, 0.1) is 5.82 Å². The summed E-state index contributed by atoms with van der Waals surface area (Å²) in [6.07, 6.45) is 2.12. The highest BCUT2D eigenvalue weighted by molar-refractivity contribution is 6.34. The van der Waals surface area contributed by atoms with E-state index in [1.54, 1.807) is 0 Å². The molecular weight excluding hydrogens is 341 g/mol. The summed E-state index contributed by atoms with van der Waals surface area (Å²) in [5.74, 6) is -0.832. The minimum absolute atomic E-state index is 0.0930. The molecule has 3 N–H and O–H groups in total. The van der Waals surface area contributed by atoms with Crippen LogP contribution in [-0.2, 0) is 0 Å². The first-order valence-corrected chi connectivity index (χ1v) is 8.75. The maximum Gasteiger partial charge on any atom is 0.257 e. The summed E-state index contributed by atoms with van der Waals surface area (Å²) in [4.78, 5) is 12.3. The second-order valence-electron chi connectivity index (χ2n) is 6.38. The predicted octanol–water partition coefficient (Wildman–Crippen LogP) is 4.28. The van der Waals surface area contributed by atoms with Gasteiger partial charge in [0.1, 0.15) is 5.82 Å². The molecule has 0 aromatic heterocycles. The number of amides is 1. The standard InChI is InChI=1S/C19H21ClFN3O/c1-12-9-16(7-8-22-12)23-14-3-2-4-15(11-14)24-19(25)17-6-5-13(21)10-18(17)20/h2-6,10-12,16,22-23H,7-9H2,1H3,(H,24,25). The first-order valence-electron chi connectivity index (χ1n) is 8.37. The van der Waals surface area contributed by atoms with Gasteiger partial charge in [0.05, 0.1) is 10.6 Å². The van der Waals surface area contributed by atoms with Crippen LogP contribution in [0.15, 0.2) is 42.5 Å². The van der Waals surface area contributed by atoms with E-state index in [9.17, 15) is 9.18 Å². The summed E-state index contributed by atoms with van der Waals surface area (Å²) < 4.78 is 13.1. The predicted molar refractivity (Wildman–Crippen MR) is 99.9 cm³/mol. The minimum Gasteiger partial charge on any atom is -0.382 e. The molecule has 1 heterocycles. The number of hydrogen-bond donors (Lipinski definition) is 3. The summed E-state index contributed by atoms with van der Waals surface area (Å²) in [6, 6.07) is 12.2. The van der Waals surface area contributed by atoms with E-state index in [1.807, 2.05) is 24.3 Å². The molecular formula is C19H21ClFN3O. The number of benzene rings is 2. The molecule has 1 saturated heterocycles. The van der Waals surface area contributed by atoms with E-state index >= 15 is 0 Å². The van der Waals surface area contributed by atoms with E-state index in [-0.39, 0.29) is 16.5 Å². The fourth-order valence-electron chi connectivity index (χ4n) is 3.06. The van der Waals surface area contributed by atoms with E-state index in [0.717, 1.165) is 31.1 Å². The first kappa shape index (κ1) is 17.7. The van der Waals surface area contributed by atoms with Crippen LogP contribution in [0.3, 0.4) is 0 Å². The topological polar surface area (TPSA) is 53.2 Å². The molecule has 0 spiro atoms. The zero-order chi connectivity index (χ0) is 17.8. The Labute approximate surface area is 151 Å². The molecule has 2 atom stereocenters. The molecule has 25 heavy (non-hydrogen) atoms. The Bertz CT molecular complexity index is 768. The van der Waals surface area contributed by atoms with Crippen LogP contribution in [0.1, 0.15) is 30.1 Å². The van der Waals surface area contributed by atoms with Crippen molar-refractivity contribution in [2.45, 2.75) is 31.8 Å². The second-order valence-corrected chi connectivity index (χ2v) is 6.79. The third-order valence-corrected chi connectivity index (χ3v) is 4.60. The first-order chi connectivity index (χ1) is 12.0. The number of carbonyl (C=O) groups excluding carboxylic acids is 1. The van der Waals surface area contributed by atoms with Crippen molar-refractivity contribution < 1.29 is 9.18 Å². The number of anilines is 2. The molecule has 1 aliphatic rings. The summed E-state index contributed by atoms with van der Waals surface area (Å²) in [6.45, 7) is 3.18. The summed E-state index contributed by atoms with van der Waals surface area (Å²) in [7, 11) is 0. The van der Waals surface area contributed by atoms with Gasteiger partial charge in [0.15, 0.2) is 0 Å². The van der Waals surface area contributed by atoms with Crippen LogP contribution in [0.25, 0.3) is 0 Å². The van der Waals surface area contributed by atoms with Gasteiger partial charge < -0.3 is 16.0 Å². The zero-order valence-electron chi connectivity index (χ0n) is 14.0. The lowest BCUT2D eigenvalue weighted by Crippen LogP contribution is -2.41. The van der Waals surface area contributed by atoms with Gasteiger partial charge in [0, 0.05) is 23.5 Å². The van der Waals surface area contributed by atoms with Crippen LogP contribution < -0.4 is 16.0 Å². The average molecular weight is 362 g/mol. The minimum atomic E-state index is -0.469. The average Bonchev–Trinajstić information content (AvgIpc) is 2.55. The molecule has 0 bridgehead atoms. The Balaban J connectivity index is 1.67. The van der Waals surface area contributed by atoms with E-state index in [0.29, 0.717) is 17.8 Å². The molecule has 1 aliphatic heterocycles. The van der Waals surface area contributed by atoms with Gasteiger partial charge in [0.2, 0.25) is 0 Å². The van der Waals surface area contributed by atoms with Gasteiger partial charge in [-0.15, -0.1) is 0 Å². The van der Waals surface area contributed by atoms with Crippen molar-refractivity contribution in [3.63, 3.8) is 0 Å². The maximum absolute atomic E-state index is 13.1. The van der Waals surface area contributed by atoms with Crippen molar-refractivity contribution in [2.24, 2.45) is 0 Å². The van der Waals surface area contributed by atoms with Crippen molar-refractivity contribution in [1.82, 2.24) is 5.32 Å². The largest absolute Gasteiger partial charge is 0.382 e. The quantitative estimate of drug-likeness (QED) is 0.761. The Morgan fingerprint density at radius 3 is 2.80 bits per heavy atom. The fourth-order valence-corrected chi connectivity index (χ4v) is 3.31. The van der Waals surface area contributed by atoms with E-state index in [2.05, 4.69) is 22.9 Å². The molecule has 1 fully saturated rings. The van der Waals surface area contributed by atoms with Gasteiger partial charge in [-0.3, -0.25) is 4.79 Å². The Morgan fingerprint density at radius 1 is 1.24 bits per heavy atom. The Hall–Kier alpha value is -2.11. The molecule has 2 aromatic carbocycles. The monoisotopic (exact) mass is 361 g/mol. The number of hydrogen-bond acceptors (Lipinski definition) is 3. The van der Waals surface area contributed by atoms with Crippen LogP contribution >= 0.6 is 11.6 Å². The highest BCUT2D eigenvalue weighted by atomic mass is 35.5. The lowest BCUT2D eigenvalue weighted by atomic mass is 10.0. The Kier molecular flexibility index (Phi) is 5.56. The van der Waals surface area contributed by atoms with Gasteiger partial charge in [-0.2, -0.15) is 0 Å². The van der Waals surface area contributed by atoms with Gasteiger partial charge in [0.25, 0.3) is 5.91 Å². The van der Waals surface area contributed by atoms with Crippen molar-refractivity contribution in [2.75, 3.05) is 17.2 Å². The number of rotatable bonds is 4. The van der Waals surface area contributed by atoms with E-state index < -0.39 is 5.82 Å². The van der Waals surface area contributed by atoms with Gasteiger partial charge in [-0.1, -0.05) is 17.7 Å². The normalized spacial score (nSPS) is 20.1. The number of nitrogens with one attached hydrogen (secondary N) is 3. The highest BCUT2D eigenvalue weighted by Gasteiger charge is 2.18. The zero-order valence-corrected chi connectivity index (χ0v) is 14.7. The van der Waals surface area contributed by atoms with Gasteiger partial charge in [-0.05, 0) is 62.7 Å². The number of halogens is 2. The molecule has 0 radical (unpaired) electrons. The van der Waals surface area contributed by atoms with Gasteiger partial charge >= 0.3 is 0 Å². The summed E-state index contributed by atoms with van der Waals surface area (Å²) in [5, 5.41) is 9.84. The maximum atomic E-state index is 13.1. The third-order valence-electron chi connectivity index (χ3n) is 4.29. The lowest BCUT2D eigenvalue weighted by molar-refractivity contribution is 0.102. The van der Waals surface area contributed by atoms with Crippen LogP contribution in [0.5, 0.6) is 0 Å². The number of carbonyl (C=O) groups is 1. The summed E-state index contributed by atoms with van der Waals surface area (Å²) in [5.41, 5.74) is 1.87. The van der Waals surface area contributed by atoms with E-state index in [1.165, 1.54) is 12.1 Å². The molecule has 132 valence electrons.